The second-order valence-electron chi connectivity index (χ2n) is 7.19. The second kappa shape index (κ2) is 11.7. The summed E-state index contributed by atoms with van der Waals surface area (Å²) in [5.41, 5.74) is 0.373. The van der Waals surface area contributed by atoms with Crippen molar-refractivity contribution in [2.75, 3.05) is 32.1 Å². The number of aliphatic hydroxyl groups is 1. The molecule has 3 rings (SSSR count). The van der Waals surface area contributed by atoms with Crippen LogP contribution in [0, 0.1) is 0 Å². The molecule has 0 aliphatic carbocycles. The molecule has 32 heavy (non-hydrogen) atoms. The van der Waals surface area contributed by atoms with Crippen LogP contribution in [0.2, 0.25) is 10.0 Å². The summed E-state index contributed by atoms with van der Waals surface area (Å²) in [5, 5.41) is 13.7. The quantitative estimate of drug-likeness (QED) is 0.427. The van der Waals surface area contributed by atoms with Crippen LogP contribution in [0.3, 0.4) is 0 Å². The number of anilines is 1. The molecule has 3 aromatic carbocycles. The number of likely N-dealkylation sites (N-methyl/N-ethyl adjacent to an activating group) is 1. The van der Waals surface area contributed by atoms with E-state index in [1.165, 1.54) is 0 Å². The van der Waals surface area contributed by atoms with E-state index in [2.05, 4.69) is 5.32 Å². The Morgan fingerprint density at radius 3 is 2.19 bits per heavy atom. The molecule has 0 aromatic heterocycles. The van der Waals surface area contributed by atoms with Crippen molar-refractivity contribution in [3.05, 3.63) is 82.8 Å². The molecule has 3 aromatic rings. The SMILES string of the molecule is CN(CC(=O)Nc1c(Cl)cccc1Cl)C[C@@H](O)COc1ccc(Oc2ccccc2)cc1. The fourth-order valence-electron chi connectivity index (χ4n) is 2.94. The van der Waals surface area contributed by atoms with Gasteiger partial charge in [-0.1, -0.05) is 47.5 Å². The van der Waals surface area contributed by atoms with Crippen LogP contribution in [0.4, 0.5) is 5.69 Å². The van der Waals surface area contributed by atoms with E-state index in [1.807, 2.05) is 30.3 Å². The van der Waals surface area contributed by atoms with Crippen LogP contribution in [0.25, 0.3) is 0 Å². The number of nitrogens with one attached hydrogen (secondary N) is 1. The predicted molar refractivity (Wildman–Crippen MR) is 127 cm³/mol. The van der Waals surface area contributed by atoms with Crippen molar-refractivity contribution in [2.45, 2.75) is 6.10 Å². The van der Waals surface area contributed by atoms with Gasteiger partial charge in [-0.25, -0.2) is 0 Å². The maximum atomic E-state index is 12.3. The molecule has 0 saturated carbocycles. The number of halogens is 2. The van der Waals surface area contributed by atoms with Gasteiger partial charge in [-0.2, -0.15) is 0 Å². The first-order valence-corrected chi connectivity index (χ1v) is 10.7. The minimum absolute atomic E-state index is 0.0597. The topological polar surface area (TPSA) is 71.0 Å². The van der Waals surface area contributed by atoms with Crippen molar-refractivity contribution in [2.24, 2.45) is 0 Å². The molecule has 0 aliphatic rings. The summed E-state index contributed by atoms with van der Waals surface area (Å²) in [6.07, 6.45) is -0.781. The Morgan fingerprint density at radius 1 is 0.938 bits per heavy atom. The van der Waals surface area contributed by atoms with Crippen LogP contribution in [0.5, 0.6) is 17.2 Å². The predicted octanol–water partition coefficient (Wildman–Crippen LogP) is 5.10. The zero-order valence-corrected chi connectivity index (χ0v) is 19.0. The summed E-state index contributed by atoms with van der Waals surface area (Å²) in [5.74, 6) is 1.76. The smallest absolute Gasteiger partial charge is 0.238 e. The van der Waals surface area contributed by atoms with E-state index >= 15 is 0 Å². The molecule has 0 radical (unpaired) electrons. The van der Waals surface area contributed by atoms with E-state index in [4.69, 9.17) is 32.7 Å². The number of ether oxygens (including phenoxy) is 2. The minimum atomic E-state index is -0.781. The molecule has 6 nitrogen and oxygen atoms in total. The molecular weight excluding hydrogens is 451 g/mol. The summed E-state index contributed by atoms with van der Waals surface area (Å²) in [4.78, 5) is 13.9. The van der Waals surface area contributed by atoms with Gasteiger partial charge in [-0.15, -0.1) is 0 Å². The van der Waals surface area contributed by atoms with E-state index < -0.39 is 6.10 Å². The lowest BCUT2D eigenvalue weighted by Crippen LogP contribution is -2.37. The third-order valence-corrected chi connectivity index (χ3v) is 5.04. The lowest BCUT2D eigenvalue weighted by molar-refractivity contribution is -0.117. The Bertz CT molecular complexity index is 996. The van der Waals surface area contributed by atoms with Gasteiger partial charge < -0.3 is 19.9 Å². The van der Waals surface area contributed by atoms with Crippen molar-refractivity contribution < 1.29 is 19.4 Å². The number of nitrogens with zero attached hydrogens (tertiary/aromatic N) is 1. The molecular formula is C24H24Cl2N2O4. The molecule has 8 heteroatoms. The van der Waals surface area contributed by atoms with Crippen molar-refractivity contribution >= 4 is 34.8 Å². The minimum Gasteiger partial charge on any atom is -0.491 e. The first-order valence-electron chi connectivity index (χ1n) is 9.97. The zero-order chi connectivity index (χ0) is 22.9. The number of hydrogen-bond acceptors (Lipinski definition) is 5. The average molecular weight is 475 g/mol. The highest BCUT2D eigenvalue weighted by molar-refractivity contribution is 6.39. The molecule has 0 spiro atoms. The Labute approximate surface area is 197 Å². The van der Waals surface area contributed by atoms with Crippen LogP contribution in [-0.2, 0) is 4.79 Å². The highest BCUT2D eigenvalue weighted by Gasteiger charge is 2.15. The molecule has 0 unspecified atom stereocenters. The molecule has 0 bridgehead atoms. The van der Waals surface area contributed by atoms with Gasteiger partial charge in [0.2, 0.25) is 5.91 Å². The van der Waals surface area contributed by atoms with E-state index in [0.717, 1.165) is 5.75 Å². The lowest BCUT2D eigenvalue weighted by atomic mass is 10.3. The van der Waals surface area contributed by atoms with Gasteiger partial charge in [0.1, 0.15) is 30.0 Å². The Morgan fingerprint density at radius 2 is 1.53 bits per heavy atom. The standard InChI is InChI=1S/C24H24Cl2N2O4/c1-28(15-23(30)27-24-21(25)8-5-9-22(24)26)14-17(29)16-31-18-10-12-20(13-11-18)32-19-6-3-2-4-7-19/h2-13,17,29H,14-16H2,1H3,(H,27,30)/t17-/m1/s1. The zero-order valence-electron chi connectivity index (χ0n) is 17.5. The Hall–Kier alpha value is -2.77. The third kappa shape index (κ3) is 7.43. The van der Waals surface area contributed by atoms with Crippen LogP contribution < -0.4 is 14.8 Å². The molecule has 1 amide bonds. The van der Waals surface area contributed by atoms with Crippen molar-refractivity contribution in [1.29, 1.82) is 0 Å². The first kappa shape index (κ1) is 23.9. The number of carbonyl (C=O) groups excluding carboxylic acids is 1. The summed E-state index contributed by atoms with van der Waals surface area (Å²) in [6, 6.07) is 21.6. The number of carbonyl (C=O) groups is 1. The van der Waals surface area contributed by atoms with Gasteiger partial charge in [0, 0.05) is 6.54 Å². The van der Waals surface area contributed by atoms with Gasteiger partial charge in [0.15, 0.2) is 0 Å². The maximum Gasteiger partial charge on any atom is 0.238 e. The van der Waals surface area contributed by atoms with Crippen LogP contribution in [0.15, 0.2) is 72.8 Å². The summed E-state index contributed by atoms with van der Waals surface area (Å²) >= 11 is 12.1. The summed E-state index contributed by atoms with van der Waals surface area (Å²) in [7, 11) is 1.73. The molecule has 0 saturated heterocycles. The number of rotatable bonds is 10. The number of aliphatic hydroxyl groups excluding tert-OH is 1. The molecule has 0 aliphatic heterocycles. The Balaban J connectivity index is 1.41. The summed E-state index contributed by atoms with van der Waals surface area (Å²) in [6.45, 7) is 0.393. The van der Waals surface area contributed by atoms with Gasteiger partial charge in [-0.05, 0) is 55.6 Å². The number of para-hydroxylation sites is 2. The molecule has 2 N–H and O–H groups in total. The average Bonchev–Trinajstić information content (AvgIpc) is 2.76. The molecule has 0 fully saturated rings. The van der Waals surface area contributed by atoms with Crippen LogP contribution in [-0.4, -0.2) is 48.8 Å². The van der Waals surface area contributed by atoms with E-state index in [1.54, 1.807) is 54.4 Å². The van der Waals surface area contributed by atoms with Crippen molar-refractivity contribution in [1.82, 2.24) is 4.90 Å². The van der Waals surface area contributed by atoms with Gasteiger partial charge in [-0.3, -0.25) is 9.69 Å². The van der Waals surface area contributed by atoms with E-state index in [9.17, 15) is 9.90 Å². The van der Waals surface area contributed by atoms with Crippen molar-refractivity contribution in [3.63, 3.8) is 0 Å². The highest BCUT2D eigenvalue weighted by atomic mass is 35.5. The molecule has 0 heterocycles. The second-order valence-corrected chi connectivity index (χ2v) is 8.01. The number of amides is 1. The fraction of sp³-hybridized carbons (Fsp3) is 0.208. The first-order chi connectivity index (χ1) is 15.4. The fourth-order valence-corrected chi connectivity index (χ4v) is 3.43. The van der Waals surface area contributed by atoms with Crippen LogP contribution >= 0.6 is 23.2 Å². The lowest BCUT2D eigenvalue weighted by Gasteiger charge is -2.20. The third-order valence-electron chi connectivity index (χ3n) is 4.41. The van der Waals surface area contributed by atoms with Crippen LogP contribution in [0.1, 0.15) is 0 Å². The monoisotopic (exact) mass is 474 g/mol. The normalized spacial score (nSPS) is 11.8. The van der Waals surface area contributed by atoms with E-state index in [-0.39, 0.29) is 25.6 Å². The maximum absolute atomic E-state index is 12.3. The Kier molecular flexibility index (Phi) is 8.76. The van der Waals surface area contributed by atoms with Gasteiger partial charge in [0.25, 0.3) is 0 Å². The van der Waals surface area contributed by atoms with Gasteiger partial charge >= 0.3 is 0 Å². The van der Waals surface area contributed by atoms with Crippen molar-refractivity contribution in [3.8, 4) is 17.2 Å². The largest absolute Gasteiger partial charge is 0.491 e. The summed E-state index contributed by atoms with van der Waals surface area (Å²) < 4.78 is 11.4. The number of hydrogen-bond donors (Lipinski definition) is 2. The van der Waals surface area contributed by atoms with E-state index in [0.29, 0.717) is 27.2 Å². The highest BCUT2D eigenvalue weighted by Crippen LogP contribution is 2.29. The number of benzene rings is 3. The van der Waals surface area contributed by atoms with Gasteiger partial charge in [0.05, 0.1) is 22.3 Å². The molecule has 1 atom stereocenters. The molecule has 168 valence electrons.